The normalized spacial score (nSPS) is 14.0. The number of piperidine rings is 1. The van der Waals surface area contributed by atoms with Gasteiger partial charge in [0, 0.05) is 30.0 Å². The summed E-state index contributed by atoms with van der Waals surface area (Å²) in [4.78, 5) is 14.8. The quantitative estimate of drug-likeness (QED) is 0.465. The number of hydrogen-bond donors (Lipinski definition) is 2. The van der Waals surface area contributed by atoms with Crippen LogP contribution in [0.2, 0.25) is 0 Å². The van der Waals surface area contributed by atoms with Crippen LogP contribution in [0.25, 0.3) is 11.4 Å². The lowest BCUT2D eigenvalue weighted by Crippen LogP contribution is -2.29. The van der Waals surface area contributed by atoms with Gasteiger partial charge in [-0.15, -0.1) is 10.2 Å². The summed E-state index contributed by atoms with van der Waals surface area (Å²) in [7, 11) is 0. The summed E-state index contributed by atoms with van der Waals surface area (Å²) in [5.41, 5.74) is 4.00. The van der Waals surface area contributed by atoms with E-state index in [2.05, 4.69) is 32.5 Å². The summed E-state index contributed by atoms with van der Waals surface area (Å²) in [6.45, 7) is 4.21. The largest absolute Gasteiger partial charge is 0.372 e. The Hall–Kier alpha value is -3.00. The van der Waals surface area contributed by atoms with Crippen molar-refractivity contribution in [2.24, 2.45) is 0 Å². The number of carbonyl (C=O) groups excluding carboxylic acids is 1. The number of nitrogens with two attached hydrogens (primary N) is 1. The average Bonchev–Trinajstić information content (AvgIpc) is 3.14. The van der Waals surface area contributed by atoms with Crippen molar-refractivity contribution in [1.29, 1.82) is 0 Å². The molecule has 2 aromatic carbocycles. The van der Waals surface area contributed by atoms with Crippen LogP contribution in [0, 0.1) is 6.92 Å². The Morgan fingerprint density at radius 3 is 2.53 bits per heavy atom. The maximum atomic E-state index is 12.4. The molecule has 0 spiro atoms. The van der Waals surface area contributed by atoms with Gasteiger partial charge in [-0.3, -0.25) is 4.79 Å². The number of nitrogens with zero attached hydrogens (tertiary/aromatic N) is 4. The van der Waals surface area contributed by atoms with Crippen LogP contribution < -0.4 is 16.1 Å². The van der Waals surface area contributed by atoms with Gasteiger partial charge in [0.1, 0.15) is 0 Å². The van der Waals surface area contributed by atoms with Crippen molar-refractivity contribution in [3.8, 4) is 11.4 Å². The molecule has 0 unspecified atom stereocenters. The molecule has 0 saturated carbocycles. The maximum Gasteiger partial charge on any atom is 0.234 e. The predicted molar refractivity (Wildman–Crippen MR) is 122 cm³/mol. The van der Waals surface area contributed by atoms with Crippen LogP contribution in [0.4, 0.5) is 11.4 Å². The monoisotopic (exact) mass is 422 g/mol. The average molecular weight is 423 g/mol. The number of anilines is 2. The van der Waals surface area contributed by atoms with Crippen molar-refractivity contribution in [2.75, 3.05) is 34.9 Å². The van der Waals surface area contributed by atoms with E-state index in [-0.39, 0.29) is 11.7 Å². The highest BCUT2D eigenvalue weighted by Gasteiger charge is 2.15. The third-order valence-electron chi connectivity index (χ3n) is 5.26. The van der Waals surface area contributed by atoms with Gasteiger partial charge in [-0.05, 0) is 56.0 Å². The van der Waals surface area contributed by atoms with Crippen molar-refractivity contribution in [3.63, 3.8) is 0 Å². The van der Waals surface area contributed by atoms with Gasteiger partial charge in [-0.1, -0.05) is 36.0 Å². The molecule has 1 aliphatic rings. The smallest absolute Gasteiger partial charge is 0.234 e. The summed E-state index contributed by atoms with van der Waals surface area (Å²) >= 11 is 1.27. The van der Waals surface area contributed by atoms with Gasteiger partial charge in [0.15, 0.2) is 5.82 Å². The molecule has 30 heavy (non-hydrogen) atoms. The molecule has 3 N–H and O–H groups in total. The first-order valence-corrected chi connectivity index (χ1v) is 11.1. The van der Waals surface area contributed by atoms with Gasteiger partial charge >= 0.3 is 0 Å². The van der Waals surface area contributed by atoms with Crippen LogP contribution in [0.15, 0.2) is 53.7 Å². The molecule has 0 radical (unpaired) electrons. The Balaban J connectivity index is 1.33. The lowest BCUT2D eigenvalue weighted by Gasteiger charge is -2.28. The number of carbonyl (C=O) groups is 1. The molecule has 4 rings (SSSR count). The minimum atomic E-state index is -0.105. The molecule has 1 amide bonds. The minimum absolute atomic E-state index is 0.105. The topological polar surface area (TPSA) is 89.1 Å². The van der Waals surface area contributed by atoms with Gasteiger partial charge < -0.3 is 16.1 Å². The van der Waals surface area contributed by atoms with E-state index in [1.54, 1.807) is 0 Å². The summed E-state index contributed by atoms with van der Waals surface area (Å²) in [6, 6.07) is 15.9. The second-order valence-corrected chi connectivity index (χ2v) is 8.37. The summed E-state index contributed by atoms with van der Waals surface area (Å²) in [5.74, 6) is 6.85. The lowest BCUT2D eigenvalue weighted by molar-refractivity contribution is -0.113. The summed E-state index contributed by atoms with van der Waals surface area (Å²) in [5, 5.41) is 11.8. The molecule has 1 fully saturated rings. The Morgan fingerprint density at radius 2 is 1.80 bits per heavy atom. The SMILES string of the molecule is Cc1ccccc1-c1nnc(SCC(=O)Nc2ccc(N3CCCCC3)cc2)n1N. The van der Waals surface area contributed by atoms with Gasteiger partial charge in [-0.2, -0.15) is 0 Å². The highest BCUT2D eigenvalue weighted by molar-refractivity contribution is 7.99. The van der Waals surface area contributed by atoms with E-state index < -0.39 is 0 Å². The number of benzene rings is 2. The first-order valence-electron chi connectivity index (χ1n) is 10.2. The Bertz CT molecular complexity index is 1010. The Kier molecular flexibility index (Phi) is 6.23. The van der Waals surface area contributed by atoms with Crippen LogP contribution in [-0.2, 0) is 4.79 Å². The standard InChI is InChI=1S/C22H26N6OS/c1-16-7-3-4-8-19(16)21-25-26-22(28(21)23)30-15-20(29)24-17-9-11-18(12-10-17)27-13-5-2-6-14-27/h3-4,7-12H,2,5-6,13-15,23H2,1H3,(H,24,29). The molecule has 0 aliphatic carbocycles. The fraction of sp³-hybridized carbons (Fsp3) is 0.318. The first-order chi connectivity index (χ1) is 14.6. The molecule has 3 aromatic rings. The van der Waals surface area contributed by atoms with E-state index in [1.165, 1.54) is 41.4 Å². The van der Waals surface area contributed by atoms with Crippen LogP contribution in [0.3, 0.4) is 0 Å². The van der Waals surface area contributed by atoms with E-state index in [0.717, 1.165) is 29.9 Å². The van der Waals surface area contributed by atoms with E-state index in [0.29, 0.717) is 11.0 Å². The number of hydrogen-bond acceptors (Lipinski definition) is 6. The molecule has 1 aromatic heterocycles. The van der Waals surface area contributed by atoms with Gasteiger partial charge in [0.2, 0.25) is 11.1 Å². The fourth-order valence-electron chi connectivity index (χ4n) is 3.62. The second-order valence-electron chi connectivity index (χ2n) is 7.42. The van der Waals surface area contributed by atoms with Crippen molar-refractivity contribution in [3.05, 3.63) is 54.1 Å². The van der Waals surface area contributed by atoms with Gasteiger partial charge in [0.25, 0.3) is 0 Å². The Labute approximate surface area is 180 Å². The zero-order chi connectivity index (χ0) is 20.9. The summed E-state index contributed by atoms with van der Waals surface area (Å²) < 4.78 is 1.44. The number of thioether (sulfide) groups is 1. The van der Waals surface area contributed by atoms with Crippen molar-refractivity contribution in [2.45, 2.75) is 31.3 Å². The zero-order valence-electron chi connectivity index (χ0n) is 17.0. The van der Waals surface area contributed by atoms with Crippen LogP contribution in [0.1, 0.15) is 24.8 Å². The van der Waals surface area contributed by atoms with Crippen LogP contribution >= 0.6 is 11.8 Å². The first kappa shape index (κ1) is 20.3. The second kappa shape index (κ2) is 9.21. The van der Waals surface area contributed by atoms with E-state index in [4.69, 9.17) is 5.84 Å². The molecule has 1 saturated heterocycles. The van der Waals surface area contributed by atoms with Gasteiger partial charge in [0.05, 0.1) is 5.75 Å². The molecule has 156 valence electrons. The molecule has 0 atom stereocenters. The van der Waals surface area contributed by atoms with E-state index >= 15 is 0 Å². The maximum absolute atomic E-state index is 12.4. The number of nitrogen functional groups attached to an aromatic ring is 1. The minimum Gasteiger partial charge on any atom is -0.372 e. The number of amides is 1. The van der Waals surface area contributed by atoms with Crippen molar-refractivity contribution < 1.29 is 4.79 Å². The Morgan fingerprint density at radius 1 is 1.07 bits per heavy atom. The number of nitrogens with one attached hydrogen (secondary N) is 1. The molecular formula is C22H26N6OS. The number of aromatic nitrogens is 3. The van der Waals surface area contributed by atoms with Crippen molar-refractivity contribution in [1.82, 2.24) is 14.9 Å². The van der Waals surface area contributed by atoms with E-state index in [1.807, 2.05) is 43.3 Å². The van der Waals surface area contributed by atoms with Crippen LogP contribution in [0.5, 0.6) is 0 Å². The molecule has 2 heterocycles. The number of rotatable bonds is 6. The number of aryl methyl sites for hydroxylation is 1. The summed E-state index contributed by atoms with van der Waals surface area (Å²) in [6.07, 6.45) is 3.80. The third-order valence-corrected chi connectivity index (χ3v) is 6.20. The highest BCUT2D eigenvalue weighted by Crippen LogP contribution is 2.25. The van der Waals surface area contributed by atoms with Gasteiger partial charge in [-0.25, -0.2) is 4.68 Å². The lowest BCUT2D eigenvalue weighted by atomic mass is 10.1. The molecule has 0 bridgehead atoms. The van der Waals surface area contributed by atoms with E-state index in [9.17, 15) is 4.79 Å². The molecule has 8 heteroatoms. The van der Waals surface area contributed by atoms with Crippen molar-refractivity contribution >= 4 is 29.0 Å². The fourth-order valence-corrected chi connectivity index (χ4v) is 4.27. The molecule has 7 nitrogen and oxygen atoms in total. The van der Waals surface area contributed by atoms with Crippen LogP contribution in [-0.4, -0.2) is 39.6 Å². The predicted octanol–water partition coefficient (Wildman–Crippen LogP) is 3.69. The third kappa shape index (κ3) is 4.59. The molecule has 1 aliphatic heterocycles. The highest BCUT2D eigenvalue weighted by atomic mass is 32.2. The zero-order valence-corrected chi connectivity index (χ0v) is 17.9. The molecular weight excluding hydrogens is 396 g/mol.